The average molecular weight is 448 g/mol. The van der Waals surface area contributed by atoms with Crippen molar-refractivity contribution < 1.29 is 24.4 Å². The van der Waals surface area contributed by atoms with Gasteiger partial charge in [0.2, 0.25) is 17.7 Å². The number of hydrogen-bond acceptors (Lipinski definition) is 5. The molecule has 0 radical (unpaired) electrons. The lowest BCUT2D eigenvalue weighted by molar-refractivity contribution is -0.158. The Morgan fingerprint density at radius 3 is 2.06 bits per heavy atom. The van der Waals surface area contributed by atoms with Crippen LogP contribution in [0.2, 0.25) is 0 Å². The molecule has 1 saturated carbocycles. The van der Waals surface area contributed by atoms with Gasteiger partial charge in [-0.1, -0.05) is 51.1 Å². The molecule has 3 N–H and O–H groups in total. The lowest BCUT2D eigenvalue weighted by Crippen LogP contribution is -2.65. The molecule has 3 atom stereocenters. The van der Waals surface area contributed by atoms with E-state index < -0.39 is 23.4 Å². The van der Waals surface area contributed by atoms with Gasteiger partial charge in [-0.15, -0.1) is 0 Å². The van der Waals surface area contributed by atoms with Crippen LogP contribution in [0.15, 0.2) is 48.5 Å². The third-order valence-corrected chi connectivity index (χ3v) is 7.13. The van der Waals surface area contributed by atoms with Crippen molar-refractivity contribution in [3.63, 3.8) is 0 Å². The van der Waals surface area contributed by atoms with E-state index in [9.17, 15) is 24.4 Å². The zero-order valence-electron chi connectivity index (χ0n) is 19.4. The van der Waals surface area contributed by atoms with Gasteiger partial charge in [0, 0.05) is 21.9 Å². The van der Waals surface area contributed by atoms with Crippen LogP contribution < -0.4 is 15.7 Å². The van der Waals surface area contributed by atoms with Crippen LogP contribution >= 0.6 is 0 Å². The molecule has 7 nitrogen and oxygen atoms in total. The molecule has 3 amide bonds. The highest BCUT2D eigenvalue weighted by molar-refractivity contribution is 6.58. The van der Waals surface area contributed by atoms with Crippen molar-refractivity contribution >= 4 is 41.7 Å². The van der Waals surface area contributed by atoms with Crippen LogP contribution in [-0.2, 0) is 14.4 Å². The summed E-state index contributed by atoms with van der Waals surface area (Å²) in [7, 11) is -1.71. The van der Waals surface area contributed by atoms with Crippen molar-refractivity contribution in [2.75, 3.05) is 10.2 Å². The maximum Gasteiger partial charge on any atom is 0.488 e. The molecule has 1 aliphatic carbocycles. The van der Waals surface area contributed by atoms with Gasteiger partial charge in [0.1, 0.15) is 0 Å². The standard InChI is InChI=1S/C25H29BN2O5/c1-16-10-11-17(26(32)33)12-19(16)28-21(30)24(3)13-23(2,14-25(4,15-24)22(28)31)20(29)27-18-8-6-5-7-9-18/h5-12,32-33H,13-15H2,1-4H3,(H,27,29)/t23?,24-,25+. The van der Waals surface area contributed by atoms with E-state index in [0.717, 1.165) is 0 Å². The first-order valence-electron chi connectivity index (χ1n) is 11.1. The highest BCUT2D eigenvalue weighted by atomic mass is 16.4. The Balaban J connectivity index is 1.72. The quantitative estimate of drug-likeness (QED) is 0.492. The number of nitrogens with zero attached hydrogens (tertiary/aromatic N) is 1. The maximum absolute atomic E-state index is 13.8. The third-order valence-electron chi connectivity index (χ3n) is 7.13. The topological polar surface area (TPSA) is 107 Å². The molecule has 0 aromatic heterocycles. The minimum atomic E-state index is -1.71. The zero-order valence-corrected chi connectivity index (χ0v) is 19.4. The molecule has 33 heavy (non-hydrogen) atoms. The highest BCUT2D eigenvalue weighted by Gasteiger charge is 2.63. The first kappa shape index (κ1) is 23.2. The van der Waals surface area contributed by atoms with E-state index in [1.165, 1.54) is 11.0 Å². The fraction of sp³-hybridized carbons (Fsp3) is 0.400. The number of piperidine rings is 1. The highest BCUT2D eigenvalue weighted by Crippen LogP contribution is 2.59. The van der Waals surface area contributed by atoms with E-state index in [-0.39, 0.29) is 23.2 Å². The van der Waals surface area contributed by atoms with Crippen molar-refractivity contribution in [2.24, 2.45) is 16.2 Å². The van der Waals surface area contributed by atoms with Gasteiger partial charge in [0.15, 0.2) is 0 Å². The van der Waals surface area contributed by atoms with Crippen LogP contribution in [0.3, 0.4) is 0 Å². The fourth-order valence-electron chi connectivity index (χ4n) is 5.92. The predicted octanol–water partition coefficient (Wildman–Crippen LogP) is 2.39. The molecular formula is C25H29BN2O5. The fourth-order valence-corrected chi connectivity index (χ4v) is 5.92. The van der Waals surface area contributed by atoms with Crippen LogP contribution in [0.5, 0.6) is 0 Å². The maximum atomic E-state index is 13.8. The Hall–Kier alpha value is -2.97. The van der Waals surface area contributed by atoms with Crippen molar-refractivity contribution in [3.05, 3.63) is 54.1 Å². The van der Waals surface area contributed by atoms with Crippen molar-refractivity contribution in [1.29, 1.82) is 0 Å². The average Bonchev–Trinajstić information content (AvgIpc) is 2.74. The smallest absolute Gasteiger partial charge is 0.423 e. The van der Waals surface area contributed by atoms with Crippen molar-refractivity contribution in [3.8, 4) is 0 Å². The van der Waals surface area contributed by atoms with E-state index >= 15 is 0 Å². The van der Waals surface area contributed by atoms with Crippen LogP contribution in [0, 0.1) is 23.2 Å². The summed E-state index contributed by atoms with van der Waals surface area (Å²) in [6.07, 6.45) is 0.972. The number of nitrogens with one attached hydrogen (secondary N) is 1. The number of hydrogen-bond donors (Lipinski definition) is 3. The van der Waals surface area contributed by atoms with Crippen LogP contribution in [-0.4, -0.2) is 34.9 Å². The molecule has 1 aliphatic heterocycles. The Labute approximate surface area is 193 Å². The lowest BCUT2D eigenvalue weighted by Gasteiger charge is -2.56. The summed E-state index contributed by atoms with van der Waals surface area (Å²) >= 11 is 0. The molecule has 2 bridgehead atoms. The van der Waals surface area contributed by atoms with Gasteiger partial charge in [-0.2, -0.15) is 0 Å². The van der Waals surface area contributed by atoms with Gasteiger partial charge in [-0.25, -0.2) is 4.90 Å². The van der Waals surface area contributed by atoms with Gasteiger partial charge in [-0.05, 0) is 55.4 Å². The second kappa shape index (κ2) is 7.82. The van der Waals surface area contributed by atoms with E-state index in [4.69, 9.17) is 0 Å². The number of aryl methyl sites for hydroxylation is 1. The normalized spacial score (nSPS) is 29.1. The van der Waals surface area contributed by atoms with E-state index in [1.54, 1.807) is 31.2 Å². The van der Waals surface area contributed by atoms with E-state index in [1.807, 2.05) is 39.0 Å². The Kier molecular flexibility index (Phi) is 5.50. The number of carbonyl (C=O) groups excluding carboxylic acids is 3. The monoisotopic (exact) mass is 448 g/mol. The predicted molar refractivity (Wildman–Crippen MR) is 127 cm³/mol. The number of carbonyl (C=O) groups is 3. The summed E-state index contributed by atoms with van der Waals surface area (Å²) in [5, 5.41) is 22.2. The van der Waals surface area contributed by atoms with Crippen molar-refractivity contribution in [1.82, 2.24) is 0 Å². The second-order valence-corrected chi connectivity index (χ2v) is 10.4. The number of rotatable bonds is 4. The van der Waals surface area contributed by atoms with Crippen LogP contribution in [0.4, 0.5) is 11.4 Å². The summed E-state index contributed by atoms with van der Waals surface area (Å²) in [4.78, 5) is 42.1. The number of anilines is 2. The number of fused-ring (bicyclic) bond motifs is 2. The van der Waals surface area contributed by atoms with Gasteiger partial charge in [0.25, 0.3) is 0 Å². The first-order chi connectivity index (χ1) is 15.4. The first-order valence-corrected chi connectivity index (χ1v) is 11.1. The van der Waals surface area contributed by atoms with Gasteiger partial charge < -0.3 is 15.4 Å². The zero-order chi connectivity index (χ0) is 24.2. The minimum Gasteiger partial charge on any atom is -0.423 e. The molecule has 2 aliphatic rings. The minimum absolute atomic E-state index is 0.203. The summed E-state index contributed by atoms with van der Waals surface area (Å²) in [5.41, 5.74) is -0.859. The van der Waals surface area contributed by atoms with Crippen molar-refractivity contribution in [2.45, 2.75) is 47.0 Å². The SMILES string of the molecule is Cc1ccc(B(O)O)cc1N1C(=O)[C@@]2(C)CC(C)(C(=O)Nc3ccccc3)C[C@](C)(C2)C1=O. The van der Waals surface area contributed by atoms with E-state index in [2.05, 4.69) is 5.32 Å². The molecule has 2 fully saturated rings. The van der Waals surface area contributed by atoms with Crippen LogP contribution in [0.25, 0.3) is 0 Å². The molecule has 172 valence electrons. The van der Waals surface area contributed by atoms with Crippen LogP contribution in [0.1, 0.15) is 45.6 Å². The number of benzene rings is 2. The van der Waals surface area contributed by atoms with Gasteiger partial charge >= 0.3 is 7.12 Å². The Morgan fingerprint density at radius 1 is 0.939 bits per heavy atom. The summed E-state index contributed by atoms with van der Waals surface area (Å²) in [6, 6.07) is 13.8. The lowest BCUT2D eigenvalue weighted by atomic mass is 9.51. The molecule has 2 aromatic rings. The number of para-hydroxylation sites is 1. The number of imide groups is 1. The molecule has 4 rings (SSSR count). The third kappa shape index (κ3) is 3.87. The van der Waals surface area contributed by atoms with Gasteiger partial charge in [-0.3, -0.25) is 14.4 Å². The molecule has 1 saturated heterocycles. The summed E-state index contributed by atoms with van der Waals surface area (Å²) in [5.74, 6) is -0.936. The molecule has 8 heteroatoms. The summed E-state index contributed by atoms with van der Waals surface area (Å²) in [6.45, 7) is 7.24. The number of amides is 3. The Morgan fingerprint density at radius 2 is 1.52 bits per heavy atom. The van der Waals surface area contributed by atoms with E-state index in [0.29, 0.717) is 36.2 Å². The molecule has 0 spiro atoms. The molecule has 1 unspecified atom stereocenters. The molecular weight excluding hydrogens is 419 g/mol. The molecule has 2 aromatic carbocycles. The largest absolute Gasteiger partial charge is 0.488 e. The van der Waals surface area contributed by atoms with Gasteiger partial charge in [0.05, 0.1) is 5.69 Å². The second-order valence-electron chi connectivity index (χ2n) is 10.4. The summed E-state index contributed by atoms with van der Waals surface area (Å²) < 4.78 is 0. The molecule has 1 heterocycles. The Bertz CT molecular complexity index is 1100.